The second-order valence-corrected chi connectivity index (χ2v) is 11.9. The maximum Gasteiger partial charge on any atom is 0.232 e. The Bertz CT molecular complexity index is 1010. The maximum atomic E-state index is 5.78. The standard InChI is InChI=1S/C29H42N6S/c1-22-17-23(2)20-35(19-22)26-18-25(34-15-9-4-10-16-34)31-27(32-26)33-28(36)30-21-29(13-7-8-14-29)24-11-5-3-6-12-24/h3,5-6,11-12,18,22-23H,4,7-10,13-17,19-21H2,1-2H3,(H2,30,31,32,33,36). The van der Waals surface area contributed by atoms with Gasteiger partial charge in [0.15, 0.2) is 5.11 Å². The van der Waals surface area contributed by atoms with Gasteiger partial charge in [0.05, 0.1) is 0 Å². The van der Waals surface area contributed by atoms with Gasteiger partial charge in [-0.2, -0.15) is 9.97 Å². The Hall–Kier alpha value is -2.41. The Balaban J connectivity index is 1.32. The Kier molecular flexibility index (Phi) is 7.94. The van der Waals surface area contributed by atoms with E-state index in [4.69, 9.17) is 22.2 Å². The van der Waals surface area contributed by atoms with E-state index < -0.39 is 0 Å². The zero-order valence-electron chi connectivity index (χ0n) is 22.0. The van der Waals surface area contributed by atoms with Gasteiger partial charge in [0, 0.05) is 44.2 Å². The number of anilines is 3. The van der Waals surface area contributed by atoms with Crippen molar-refractivity contribution < 1.29 is 0 Å². The highest BCUT2D eigenvalue weighted by molar-refractivity contribution is 7.80. The third-order valence-corrected chi connectivity index (χ3v) is 8.58. The van der Waals surface area contributed by atoms with Crippen LogP contribution in [-0.4, -0.2) is 47.8 Å². The summed E-state index contributed by atoms with van der Waals surface area (Å²) in [6, 6.07) is 13.1. The number of nitrogens with one attached hydrogen (secondary N) is 2. The van der Waals surface area contributed by atoms with Gasteiger partial charge in [-0.1, -0.05) is 57.0 Å². The first-order chi connectivity index (χ1) is 17.5. The van der Waals surface area contributed by atoms with Gasteiger partial charge in [-0.15, -0.1) is 0 Å². The Morgan fingerprint density at radius 3 is 2.22 bits per heavy atom. The van der Waals surface area contributed by atoms with Crippen molar-refractivity contribution in [1.82, 2.24) is 15.3 Å². The van der Waals surface area contributed by atoms with Crippen molar-refractivity contribution in [3.8, 4) is 0 Å². The minimum Gasteiger partial charge on any atom is -0.361 e. The van der Waals surface area contributed by atoms with Crippen LogP contribution in [0.5, 0.6) is 0 Å². The third kappa shape index (κ3) is 5.93. The van der Waals surface area contributed by atoms with E-state index >= 15 is 0 Å². The predicted octanol–water partition coefficient (Wildman–Crippen LogP) is 5.75. The number of rotatable bonds is 6. The molecule has 7 heteroatoms. The minimum atomic E-state index is 0.148. The lowest BCUT2D eigenvalue weighted by molar-refractivity contribution is 0.355. The minimum absolute atomic E-state index is 0.148. The van der Waals surface area contributed by atoms with Gasteiger partial charge in [0.2, 0.25) is 5.95 Å². The number of thiocarbonyl (C=S) groups is 1. The van der Waals surface area contributed by atoms with E-state index in [9.17, 15) is 0 Å². The number of benzene rings is 1. The second-order valence-electron chi connectivity index (χ2n) is 11.5. The second kappa shape index (κ2) is 11.3. The molecule has 2 atom stereocenters. The molecule has 5 rings (SSSR count). The van der Waals surface area contributed by atoms with Crippen molar-refractivity contribution in [1.29, 1.82) is 0 Å². The van der Waals surface area contributed by atoms with Gasteiger partial charge in [0.1, 0.15) is 11.6 Å². The van der Waals surface area contributed by atoms with Crippen molar-refractivity contribution in [3.63, 3.8) is 0 Å². The molecule has 1 aromatic heterocycles. The molecule has 1 aromatic carbocycles. The lowest BCUT2D eigenvalue weighted by Crippen LogP contribution is -2.41. The zero-order valence-corrected chi connectivity index (χ0v) is 22.8. The summed E-state index contributed by atoms with van der Waals surface area (Å²) in [4.78, 5) is 14.8. The lowest BCUT2D eigenvalue weighted by Gasteiger charge is -2.36. The average molecular weight is 507 g/mol. The molecule has 36 heavy (non-hydrogen) atoms. The van der Waals surface area contributed by atoms with Crippen molar-refractivity contribution in [2.75, 3.05) is 47.8 Å². The van der Waals surface area contributed by atoms with Gasteiger partial charge in [0.25, 0.3) is 0 Å². The fourth-order valence-corrected chi connectivity index (χ4v) is 6.74. The normalized spacial score (nSPS) is 23.9. The van der Waals surface area contributed by atoms with E-state index in [2.05, 4.69) is 70.7 Å². The number of hydrogen-bond donors (Lipinski definition) is 2. The van der Waals surface area contributed by atoms with Crippen LogP contribution in [0.2, 0.25) is 0 Å². The molecule has 0 radical (unpaired) electrons. The van der Waals surface area contributed by atoms with Gasteiger partial charge in [-0.05, 0) is 68.1 Å². The molecule has 1 saturated carbocycles. The first-order valence-electron chi connectivity index (χ1n) is 14.0. The summed E-state index contributed by atoms with van der Waals surface area (Å²) in [5.74, 6) is 3.98. The largest absolute Gasteiger partial charge is 0.361 e. The van der Waals surface area contributed by atoms with Gasteiger partial charge in [-0.3, -0.25) is 0 Å². The first kappa shape index (κ1) is 25.2. The number of nitrogens with zero attached hydrogens (tertiary/aromatic N) is 4. The summed E-state index contributed by atoms with van der Waals surface area (Å²) in [6.45, 7) is 9.74. The highest BCUT2D eigenvalue weighted by atomic mass is 32.1. The molecule has 2 N–H and O–H groups in total. The van der Waals surface area contributed by atoms with Crippen molar-refractivity contribution in [2.45, 2.75) is 70.6 Å². The molecule has 0 spiro atoms. The van der Waals surface area contributed by atoms with Gasteiger partial charge < -0.3 is 20.4 Å². The Labute approximate surface area is 222 Å². The Morgan fingerprint density at radius 1 is 0.917 bits per heavy atom. The fourth-order valence-electron chi connectivity index (χ4n) is 6.58. The summed E-state index contributed by atoms with van der Waals surface area (Å²) in [7, 11) is 0. The molecule has 1 aliphatic carbocycles. The molecule has 194 valence electrons. The van der Waals surface area contributed by atoms with Crippen molar-refractivity contribution >= 4 is 34.9 Å². The average Bonchev–Trinajstić information content (AvgIpc) is 3.38. The van der Waals surface area contributed by atoms with Crippen LogP contribution in [-0.2, 0) is 5.41 Å². The highest BCUT2D eigenvalue weighted by Crippen LogP contribution is 2.40. The summed E-state index contributed by atoms with van der Waals surface area (Å²) in [5.41, 5.74) is 1.56. The number of aromatic nitrogens is 2. The Morgan fingerprint density at radius 2 is 1.56 bits per heavy atom. The third-order valence-electron chi connectivity index (χ3n) is 8.33. The van der Waals surface area contributed by atoms with Crippen LogP contribution in [0.3, 0.4) is 0 Å². The van der Waals surface area contributed by atoms with Crippen LogP contribution < -0.4 is 20.4 Å². The van der Waals surface area contributed by atoms with E-state index in [1.807, 2.05) is 0 Å². The molecular formula is C29H42N6S. The molecule has 3 aliphatic rings. The van der Waals surface area contributed by atoms with Crippen molar-refractivity contribution in [2.24, 2.45) is 11.8 Å². The number of hydrogen-bond acceptors (Lipinski definition) is 5. The SMILES string of the molecule is CC1CC(C)CN(c2cc(N3CCCCC3)nc(NC(=S)NCC3(c4ccccc4)CCCC3)n2)C1. The van der Waals surface area contributed by atoms with E-state index in [1.54, 1.807) is 0 Å². The molecule has 6 nitrogen and oxygen atoms in total. The molecule has 3 heterocycles. The predicted molar refractivity (Wildman–Crippen MR) is 154 cm³/mol. The lowest BCUT2D eigenvalue weighted by atomic mass is 9.79. The van der Waals surface area contributed by atoms with Gasteiger partial charge in [-0.25, -0.2) is 0 Å². The summed E-state index contributed by atoms with van der Waals surface area (Å²) in [6.07, 6.45) is 9.97. The van der Waals surface area contributed by atoms with Crippen LogP contribution >= 0.6 is 12.2 Å². The topological polar surface area (TPSA) is 56.3 Å². The molecule has 2 saturated heterocycles. The molecule has 2 aliphatic heterocycles. The quantitative estimate of drug-likeness (QED) is 0.484. The highest BCUT2D eigenvalue weighted by Gasteiger charge is 2.35. The summed E-state index contributed by atoms with van der Waals surface area (Å²) < 4.78 is 0. The summed E-state index contributed by atoms with van der Waals surface area (Å²) >= 11 is 5.78. The van der Waals surface area contributed by atoms with Crippen LogP contribution in [0.4, 0.5) is 17.6 Å². The monoisotopic (exact) mass is 506 g/mol. The number of piperidine rings is 2. The molecule has 3 fully saturated rings. The van der Waals surface area contributed by atoms with Crippen LogP contribution in [0, 0.1) is 11.8 Å². The maximum absolute atomic E-state index is 5.78. The first-order valence-corrected chi connectivity index (χ1v) is 14.4. The van der Waals surface area contributed by atoms with Crippen LogP contribution in [0.25, 0.3) is 0 Å². The fraction of sp³-hybridized carbons (Fsp3) is 0.621. The van der Waals surface area contributed by atoms with E-state index in [0.717, 1.165) is 44.4 Å². The zero-order chi connectivity index (χ0) is 25.0. The van der Waals surface area contributed by atoms with Gasteiger partial charge >= 0.3 is 0 Å². The molecule has 0 amide bonds. The van der Waals surface area contributed by atoms with E-state index in [1.165, 1.54) is 56.9 Å². The van der Waals surface area contributed by atoms with E-state index in [0.29, 0.717) is 22.9 Å². The van der Waals surface area contributed by atoms with Crippen LogP contribution in [0.15, 0.2) is 36.4 Å². The molecule has 2 aromatic rings. The molecular weight excluding hydrogens is 464 g/mol. The molecule has 0 bridgehead atoms. The van der Waals surface area contributed by atoms with Crippen LogP contribution in [0.1, 0.15) is 70.8 Å². The molecule has 2 unspecified atom stereocenters. The van der Waals surface area contributed by atoms with Crippen molar-refractivity contribution in [3.05, 3.63) is 42.0 Å². The summed E-state index contributed by atoms with van der Waals surface area (Å²) in [5, 5.41) is 7.51. The smallest absolute Gasteiger partial charge is 0.232 e. The van der Waals surface area contributed by atoms with E-state index in [-0.39, 0.29) is 5.41 Å².